The molecule has 0 fully saturated rings. The second-order valence-electron chi connectivity index (χ2n) is 3.92. The smallest absolute Gasteiger partial charge is 0.256 e. The van der Waals surface area contributed by atoms with Gasteiger partial charge in [-0.2, -0.15) is 0 Å². The maximum Gasteiger partial charge on any atom is 0.256 e. The molecule has 0 aliphatic rings. The zero-order chi connectivity index (χ0) is 13.8. The molecule has 0 radical (unpaired) electrons. The number of rotatable bonds is 3. The molecule has 1 amide bonds. The number of benzene rings is 1. The van der Waals surface area contributed by atoms with Crippen molar-refractivity contribution < 1.29 is 4.79 Å². The number of nitrogens with one attached hydrogen (secondary N) is 1. The summed E-state index contributed by atoms with van der Waals surface area (Å²) in [6, 6.07) is 11.2. The van der Waals surface area contributed by atoms with Crippen molar-refractivity contribution in [3.8, 4) is 0 Å². The lowest BCUT2D eigenvalue weighted by Gasteiger charge is -2.10. The molecule has 0 unspecified atom stereocenters. The van der Waals surface area contributed by atoms with Crippen molar-refractivity contribution >= 4 is 39.3 Å². The van der Waals surface area contributed by atoms with Gasteiger partial charge in [-0.1, -0.05) is 12.1 Å². The first-order valence-electron chi connectivity index (χ1n) is 5.69. The number of hydrogen-bond donors (Lipinski definition) is 1. The quantitative estimate of drug-likeness (QED) is 0.676. The average Bonchev–Trinajstić information content (AvgIpc) is 2.41. The zero-order valence-electron chi connectivity index (χ0n) is 10.6. The van der Waals surface area contributed by atoms with E-state index in [1.807, 2.05) is 49.6 Å². The highest BCUT2D eigenvalue weighted by molar-refractivity contribution is 9.10. The Bertz CT molecular complexity index is 616. The molecule has 0 saturated heterocycles. The minimum absolute atomic E-state index is 0.114. The SMILES string of the molecule is CSc1ccccc1C(=O)Nc1ccc(Br)nc1C. The molecule has 98 valence electrons. The average molecular weight is 337 g/mol. The number of hydrogen-bond acceptors (Lipinski definition) is 3. The van der Waals surface area contributed by atoms with Crippen molar-refractivity contribution in [3.63, 3.8) is 0 Å². The van der Waals surface area contributed by atoms with Gasteiger partial charge in [-0.25, -0.2) is 4.98 Å². The van der Waals surface area contributed by atoms with Crippen molar-refractivity contribution in [1.29, 1.82) is 0 Å². The first-order valence-corrected chi connectivity index (χ1v) is 7.71. The molecule has 2 aromatic rings. The van der Waals surface area contributed by atoms with E-state index in [0.29, 0.717) is 5.56 Å². The summed E-state index contributed by atoms with van der Waals surface area (Å²) in [6.07, 6.45) is 1.96. The second kappa shape index (κ2) is 6.21. The first-order chi connectivity index (χ1) is 9.11. The maximum atomic E-state index is 12.3. The van der Waals surface area contributed by atoms with Crippen molar-refractivity contribution in [2.75, 3.05) is 11.6 Å². The zero-order valence-corrected chi connectivity index (χ0v) is 13.0. The molecule has 3 nitrogen and oxygen atoms in total. The van der Waals surface area contributed by atoms with Gasteiger partial charge < -0.3 is 5.32 Å². The van der Waals surface area contributed by atoms with Crippen LogP contribution in [0.3, 0.4) is 0 Å². The molecule has 0 aliphatic carbocycles. The highest BCUT2D eigenvalue weighted by Gasteiger charge is 2.11. The van der Waals surface area contributed by atoms with Crippen LogP contribution < -0.4 is 5.32 Å². The molecule has 0 atom stereocenters. The van der Waals surface area contributed by atoms with Crippen molar-refractivity contribution in [1.82, 2.24) is 4.98 Å². The van der Waals surface area contributed by atoms with Gasteiger partial charge in [-0.15, -0.1) is 11.8 Å². The van der Waals surface area contributed by atoms with Crippen LogP contribution in [-0.4, -0.2) is 17.1 Å². The highest BCUT2D eigenvalue weighted by atomic mass is 79.9. The number of aryl methyl sites for hydroxylation is 1. The number of thioether (sulfide) groups is 1. The number of carbonyl (C=O) groups excluding carboxylic acids is 1. The van der Waals surface area contributed by atoms with Gasteiger partial charge in [0.1, 0.15) is 4.60 Å². The summed E-state index contributed by atoms with van der Waals surface area (Å²) in [5.74, 6) is -0.114. The van der Waals surface area contributed by atoms with E-state index in [1.54, 1.807) is 11.8 Å². The fourth-order valence-electron chi connectivity index (χ4n) is 1.68. The normalized spacial score (nSPS) is 10.3. The largest absolute Gasteiger partial charge is 0.320 e. The molecule has 0 saturated carbocycles. The van der Waals surface area contributed by atoms with Crippen LogP contribution in [0.1, 0.15) is 16.1 Å². The molecular formula is C14H13BrN2OS. The lowest BCUT2D eigenvalue weighted by molar-refractivity contribution is 0.102. The Kier molecular flexibility index (Phi) is 4.61. The van der Waals surface area contributed by atoms with Gasteiger partial charge in [0.2, 0.25) is 0 Å². The fraction of sp³-hybridized carbons (Fsp3) is 0.143. The summed E-state index contributed by atoms with van der Waals surface area (Å²) in [5, 5.41) is 2.89. The van der Waals surface area contributed by atoms with Gasteiger partial charge in [-0.3, -0.25) is 4.79 Å². The van der Waals surface area contributed by atoms with Crippen LogP contribution in [0.25, 0.3) is 0 Å². The Morgan fingerprint density at radius 3 is 2.68 bits per heavy atom. The molecule has 2 rings (SSSR count). The van der Waals surface area contributed by atoms with E-state index >= 15 is 0 Å². The molecule has 0 bridgehead atoms. The Morgan fingerprint density at radius 1 is 1.26 bits per heavy atom. The van der Waals surface area contributed by atoms with Crippen molar-refractivity contribution in [3.05, 3.63) is 52.3 Å². The highest BCUT2D eigenvalue weighted by Crippen LogP contribution is 2.22. The molecule has 1 heterocycles. The topological polar surface area (TPSA) is 42.0 Å². The summed E-state index contributed by atoms with van der Waals surface area (Å²) in [4.78, 5) is 17.5. The summed E-state index contributed by atoms with van der Waals surface area (Å²) in [5.41, 5.74) is 2.19. The van der Waals surface area contributed by atoms with Crippen LogP contribution in [0.5, 0.6) is 0 Å². The van der Waals surface area contributed by atoms with E-state index in [1.165, 1.54) is 0 Å². The molecule has 0 aliphatic heterocycles. The van der Waals surface area contributed by atoms with E-state index < -0.39 is 0 Å². The Morgan fingerprint density at radius 2 is 2.00 bits per heavy atom. The minimum atomic E-state index is -0.114. The van der Waals surface area contributed by atoms with Crippen LogP contribution in [0.15, 0.2) is 45.9 Å². The van der Waals surface area contributed by atoms with Crippen molar-refractivity contribution in [2.24, 2.45) is 0 Å². The maximum absolute atomic E-state index is 12.3. The Hall–Kier alpha value is -1.33. The van der Waals surface area contributed by atoms with Gasteiger partial charge in [0.25, 0.3) is 5.91 Å². The fourth-order valence-corrected chi connectivity index (χ4v) is 2.68. The number of carbonyl (C=O) groups is 1. The van der Waals surface area contributed by atoms with Gasteiger partial charge in [0, 0.05) is 4.90 Å². The second-order valence-corrected chi connectivity index (χ2v) is 5.58. The number of amides is 1. The van der Waals surface area contributed by atoms with Crippen LogP contribution in [0, 0.1) is 6.92 Å². The number of halogens is 1. The summed E-state index contributed by atoms with van der Waals surface area (Å²) in [6.45, 7) is 1.86. The molecule has 1 aromatic heterocycles. The molecule has 5 heteroatoms. The molecule has 1 aromatic carbocycles. The van der Waals surface area contributed by atoms with E-state index in [0.717, 1.165) is 20.9 Å². The Balaban J connectivity index is 2.26. The van der Waals surface area contributed by atoms with Gasteiger partial charge in [0.15, 0.2) is 0 Å². The summed E-state index contributed by atoms with van der Waals surface area (Å²) < 4.78 is 0.757. The molecule has 0 spiro atoms. The number of pyridine rings is 1. The third-order valence-electron chi connectivity index (χ3n) is 2.65. The standard InChI is InChI=1S/C14H13BrN2OS/c1-9-11(7-8-13(15)16-9)17-14(18)10-5-3-4-6-12(10)19-2/h3-8H,1-2H3,(H,17,18). The van der Waals surface area contributed by atoms with Gasteiger partial charge in [-0.05, 0) is 53.4 Å². The monoisotopic (exact) mass is 336 g/mol. The van der Waals surface area contributed by atoms with E-state index in [-0.39, 0.29) is 5.91 Å². The molecule has 19 heavy (non-hydrogen) atoms. The third-order valence-corrected chi connectivity index (χ3v) is 3.89. The van der Waals surface area contributed by atoms with Crippen LogP contribution in [0.4, 0.5) is 5.69 Å². The minimum Gasteiger partial charge on any atom is -0.320 e. The lowest BCUT2D eigenvalue weighted by atomic mass is 10.2. The third kappa shape index (κ3) is 3.36. The van der Waals surface area contributed by atoms with E-state index in [2.05, 4.69) is 26.2 Å². The predicted molar refractivity (Wildman–Crippen MR) is 82.9 cm³/mol. The number of anilines is 1. The first kappa shape index (κ1) is 14.1. The Labute approximate surface area is 125 Å². The van der Waals surface area contributed by atoms with Gasteiger partial charge >= 0.3 is 0 Å². The number of nitrogens with zero attached hydrogens (tertiary/aromatic N) is 1. The molecular weight excluding hydrogens is 324 g/mol. The van der Waals surface area contributed by atoms with Crippen LogP contribution >= 0.6 is 27.7 Å². The predicted octanol–water partition coefficient (Wildman–Crippen LogP) is 4.13. The number of aromatic nitrogens is 1. The van der Waals surface area contributed by atoms with Crippen LogP contribution in [0.2, 0.25) is 0 Å². The van der Waals surface area contributed by atoms with E-state index in [9.17, 15) is 4.79 Å². The summed E-state index contributed by atoms with van der Waals surface area (Å²) in [7, 11) is 0. The van der Waals surface area contributed by atoms with Crippen molar-refractivity contribution in [2.45, 2.75) is 11.8 Å². The van der Waals surface area contributed by atoms with Gasteiger partial charge in [0.05, 0.1) is 16.9 Å². The van der Waals surface area contributed by atoms with Crippen LogP contribution in [-0.2, 0) is 0 Å². The lowest BCUT2D eigenvalue weighted by Crippen LogP contribution is -2.14. The summed E-state index contributed by atoms with van der Waals surface area (Å²) >= 11 is 4.86. The molecule has 1 N–H and O–H groups in total. The van der Waals surface area contributed by atoms with E-state index in [4.69, 9.17) is 0 Å².